The van der Waals surface area contributed by atoms with E-state index in [0.29, 0.717) is 5.52 Å². The first kappa shape index (κ1) is 11.8. The predicted octanol–water partition coefficient (Wildman–Crippen LogP) is 5.08. The van der Waals surface area contributed by atoms with Gasteiger partial charge in [-0.05, 0) is 40.2 Å². The number of hydrogen-bond donors (Lipinski definition) is 3. The number of aromatic nitrogens is 1. The molecular weight excluding hydrogens is 364 g/mol. The number of benzene rings is 2. The standard InChI is InChI=1S/C24H28N2O3/c1-23(2,3)16-11-17(24(4,5)6)20(27)12-19(16)26-22(29)15-13-25-18-10-8-7-9-14(18)21(15)28/h7-13,27H,1-6H3,(H,25,28)(H,26,29)/i1D3,2D3,3D3. The maximum Gasteiger partial charge on any atom is 0.261 e. The summed E-state index contributed by atoms with van der Waals surface area (Å²) < 4.78 is 73.0. The Bertz CT molecular complexity index is 1410. The van der Waals surface area contributed by atoms with Gasteiger partial charge < -0.3 is 15.4 Å². The molecule has 152 valence electrons. The Morgan fingerprint density at radius 1 is 1.07 bits per heavy atom. The highest BCUT2D eigenvalue weighted by Gasteiger charge is 2.26. The fourth-order valence-corrected chi connectivity index (χ4v) is 3.13. The zero-order chi connectivity index (χ0) is 29.1. The van der Waals surface area contributed by atoms with E-state index in [0.717, 1.165) is 18.3 Å². The fraction of sp³-hybridized carbons (Fsp3) is 0.333. The van der Waals surface area contributed by atoms with E-state index in [2.05, 4.69) is 10.3 Å². The normalized spacial score (nSPS) is 18.1. The van der Waals surface area contributed by atoms with Crippen molar-refractivity contribution >= 4 is 22.5 Å². The minimum Gasteiger partial charge on any atom is -0.508 e. The number of carbonyl (C=O) groups excluding carboxylic acids is 1. The second-order valence-corrected chi connectivity index (χ2v) is 7.95. The number of amides is 1. The van der Waals surface area contributed by atoms with Gasteiger partial charge in [0.25, 0.3) is 5.91 Å². The van der Waals surface area contributed by atoms with Gasteiger partial charge in [-0.1, -0.05) is 53.5 Å². The van der Waals surface area contributed by atoms with Crippen LogP contribution >= 0.6 is 0 Å². The van der Waals surface area contributed by atoms with Crippen molar-refractivity contribution in [2.24, 2.45) is 0 Å². The molecule has 0 atom stereocenters. The first-order valence-electron chi connectivity index (χ1n) is 13.4. The summed E-state index contributed by atoms with van der Waals surface area (Å²) in [5.74, 6) is -1.49. The van der Waals surface area contributed by atoms with Crippen molar-refractivity contribution in [1.82, 2.24) is 4.98 Å². The van der Waals surface area contributed by atoms with E-state index in [4.69, 9.17) is 12.3 Å². The lowest BCUT2D eigenvalue weighted by Gasteiger charge is -2.28. The van der Waals surface area contributed by atoms with Crippen molar-refractivity contribution in [3.8, 4) is 5.75 Å². The third-order valence-electron chi connectivity index (χ3n) is 4.63. The maximum absolute atomic E-state index is 13.3. The Morgan fingerprint density at radius 2 is 1.76 bits per heavy atom. The number of fused-ring (bicyclic) bond motifs is 1. The second-order valence-electron chi connectivity index (χ2n) is 7.95. The van der Waals surface area contributed by atoms with E-state index in [1.165, 1.54) is 6.07 Å². The van der Waals surface area contributed by atoms with Crippen LogP contribution in [0.15, 0.2) is 47.4 Å². The SMILES string of the molecule is [2H]C([2H])([2H])C(c1cc(C(C)(C)C)c(O)cc1NC(=O)c1c[nH]c2ccccc2c1=O)(C([2H])([2H])[2H])C([2H])([2H])[2H]. The monoisotopic (exact) mass is 401 g/mol. The Hall–Kier alpha value is -3.08. The molecule has 29 heavy (non-hydrogen) atoms. The van der Waals surface area contributed by atoms with E-state index in [-0.39, 0.29) is 10.9 Å². The first-order valence-corrected chi connectivity index (χ1v) is 8.94. The van der Waals surface area contributed by atoms with Gasteiger partial charge in [-0.2, -0.15) is 0 Å². The van der Waals surface area contributed by atoms with Crippen molar-refractivity contribution in [2.75, 3.05) is 5.32 Å². The van der Waals surface area contributed by atoms with Crippen LogP contribution in [-0.2, 0) is 10.8 Å². The quantitative estimate of drug-likeness (QED) is 0.560. The van der Waals surface area contributed by atoms with E-state index < -0.39 is 65.3 Å². The number of phenolic OH excluding ortho intramolecular Hbond substituents is 1. The fourth-order valence-electron chi connectivity index (χ4n) is 3.13. The molecule has 5 heteroatoms. The lowest BCUT2D eigenvalue weighted by Crippen LogP contribution is -2.25. The number of nitrogens with one attached hydrogen (secondary N) is 2. The van der Waals surface area contributed by atoms with Gasteiger partial charge in [0.1, 0.15) is 11.3 Å². The van der Waals surface area contributed by atoms with Crippen LogP contribution in [0.25, 0.3) is 10.9 Å². The van der Waals surface area contributed by atoms with E-state index in [1.54, 1.807) is 39.0 Å². The Morgan fingerprint density at radius 3 is 2.41 bits per heavy atom. The van der Waals surface area contributed by atoms with Gasteiger partial charge in [-0.3, -0.25) is 9.59 Å². The molecule has 0 spiro atoms. The highest BCUT2D eigenvalue weighted by atomic mass is 16.3. The van der Waals surface area contributed by atoms with Crippen molar-refractivity contribution in [1.29, 1.82) is 0 Å². The van der Waals surface area contributed by atoms with Gasteiger partial charge in [-0.25, -0.2) is 0 Å². The van der Waals surface area contributed by atoms with Crippen LogP contribution in [0.5, 0.6) is 5.75 Å². The number of aromatic amines is 1. The molecule has 0 aliphatic carbocycles. The maximum atomic E-state index is 13.3. The van der Waals surface area contributed by atoms with Gasteiger partial charge in [0.05, 0.1) is 0 Å². The molecule has 2 aromatic carbocycles. The zero-order valence-electron chi connectivity index (χ0n) is 25.3. The third kappa shape index (κ3) is 4.04. The molecule has 1 amide bonds. The molecule has 0 saturated carbocycles. The number of aromatic hydroxyl groups is 1. The number of phenols is 1. The molecule has 1 heterocycles. The molecular formula is C24H28N2O3. The molecule has 0 unspecified atom stereocenters. The minimum atomic E-state index is -3.62. The summed E-state index contributed by atoms with van der Waals surface area (Å²) in [7, 11) is 0. The van der Waals surface area contributed by atoms with Crippen LogP contribution in [0.2, 0.25) is 0 Å². The number of pyridine rings is 1. The van der Waals surface area contributed by atoms with Crippen molar-refractivity contribution < 1.29 is 22.2 Å². The third-order valence-corrected chi connectivity index (χ3v) is 4.63. The summed E-state index contributed by atoms with van der Waals surface area (Å²) >= 11 is 0. The summed E-state index contributed by atoms with van der Waals surface area (Å²) in [6.07, 6.45) is 1.13. The van der Waals surface area contributed by atoms with Gasteiger partial charge in [-0.15, -0.1) is 0 Å². The van der Waals surface area contributed by atoms with Crippen molar-refractivity contribution in [3.05, 3.63) is 69.5 Å². The number of carbonyl (C=O) groups is 1. The number of para-hydroxylation sites is 1. The Balaban J connectivity index is 2.38. The molecule has 0 aliphatic rings. The second kappa shape index (κ2) is 7.07. The highest BCUT2D eigenvalue weighted by Crippen LogP contribution is 2.39. The summed E-state index contributed by atoms with van der Waals surface area (Å²) in [5, 5.41) is 13.3. The molecule has 0 radical (unpaired) electrons. The van der Waals surface area contributed by atoms with Crippen LogP contribution in [-0.4, -0.2) is 16.0 Å². The molecule has 0 saturated heterocycles. The van der Waals surface area contributed by atoms with E-state index in [1.807, 2.05) is 0 Å². The lowest BCUT2D eigenvalue weighted by atomic mass is 9.79. The number of H-pyrrole nitrogens is 1. The van der Waals surface area contributed by atoms with Crippen molar-refractivity contribution in [2.45, 2.75) is 52.2 Å². The number of anilines is 1. The van der Waals surface area contributed by atoms with Gasteiger partial charge >= 0.3 is 0 Å². The van der Waals surface area contributed by atoms with E-state index >= 15 is 0 Å². The van der Waals surface area contributed by atoms with Crippen LogP contribution in [0.1, 0.15) is 75.1 Å². The summed E-state index contributed by atoms with van der Waals surface area (Å²) in [4.78, 5) is 29.0. The van der Waals surface area contributed by atoms with Crippen LogP contribution in [0.3, 0.4) is 0 Å². The number of hydrogen-bond acceptors (Lipinski definition) is 3. The van der Waals surface area contributed by atoms with Gasteiger partial charge in [0.15, 0.2) is 0 Å². The van der Waals surface area contributed by atoms with Gasteiger partial charge in [0, 0.05) is 41.2 Å². The topological polar surface area (TPSA) is 82.2 Å². The van der Waals surface area contributed by atoms with Crippen LogP contribution in [0, 0.1) is 0 Å². The average Bonchev–Trinajstić information content (AvgIpc) is 2.72. The average molecular weight is 402 g/mol. The number of rotatable bonds is 2. The minimum absolute atomic E-state index is 0.0659. The van der Waals surface area contributed by atoms with Crippen LogP contribution < -0.4 is 10.7 Å². The smallest absolute Gasteiger partial charge is 0.261 e. The molecule has 3 rings (SSSR count). The lowest BCUT2D eigenvalue weighted by molar-refractivity contribution is 0.102. The first-order chi connectivity index (χ1) is 17.1. The molecule has 0 aliphatic heterocycles. The molecule has 0 fully saturated rings. The largest absolute Gasteiger partial charge is 0.508 e. The van der Waals surface area contributed by atoms with Gasteiger partial charge in [0.2, 0.25) is 5.43 Å². The summed E-state index contributed by atoms with van der Waals surface area (Å²) in [6, 6.07) is 8.31. The van der Waals surface area contributed by atoms with Crippen molar-refractivity contribution in [3.63, 3.8) is 0 Å². The highest BCUT2D eigenvalue weighted by molar-refractivity contribution is 6.06. The van der Waals surface area contributed by atoms with E-state index in [9.17, 15) is 14.7 Å². The molecule has 3 N–H and O–H groups in total. The predicted molar refractivity (Wildman–Crippen MR) is 118 cm³/mol. The Labute approximate surface area is 183 Å². The Kier molecular flexibility index (Phi) is 2.88. The molecule has 5 nitrogen and oxygen atoms in total. The molecule has 1 aromatic heterocycles. The molecule has 3 aromatic rings. The molecule has 0 bridgehead atoms. The zero-order valence-corrected chi connectivity index (χ0v) is 16.3. The summed E-state index contributed by atoms with van der Waals surface area (Å²) in [5.41, 5.74) is -6.16. The summed E-state index contributed by atoms with van der Waals surface area (Å²) in [6.45, 7) is -5.89. The van der Waals surface area contributed by atoms with Crippen LogP contribution in [0.4, 0.5) is 5.69 Å².